The second-order valence-electron chi connectivity index (χ2n) is 9.97. The molecule has 224 valence electrons. The molecule has 2 amide bonds. The summed E-state index contributed by atoms with van der Waals surface area (Å²) in [4.78, 5) is 28.8. The van der Waals surface area contributed by atoms with Crippen molar-refractivity contribution in [1.29, 1.82) is 0 Å². The molecule has 4 aromatic rings. The lowest BCUT2D eigenvalue weighted by atomic mass is 9.99. The van der Waals surface area contributed by atoms with Crippen LogP contribution in [0.3, 0.4) is 0 Å². The molecule has 1 aliphatic rings. The molecule has 1 aromatic heterocycles. The maximum absolute atomic E-state index is 15.0. The number of piperidine rings is 1. The number of carbonyl (C=O) groups excluding carboxylic acids is 2. The normalized spacial score (nSPS) is 13.4. The second-order valence-corrected chi connectivity index (χ2v) is 9.97. The van der Waals surface area contributed by atoms with E-state index in [-0.39, 0.29) is 23.5 Å². The Morgan fingerprint density at radius 2 is 1.67 bits per heavy atom. The minimum atomic E-state index is -1.09. The maximum atomic E-state index is 15.0. The standard InChI is InChI=1S/C31H29F3N4O5/c1-41-29-27(42-17-18-6-9-35-10-7-18)5-3-23-25(8-11-36-28(23)29)43-26-4-2-22(15-24(26)34)38-31(40)30(39)37-16-19-12-20(32)14-21(33)13-19/h2-5,8,11-15,18,35H,6-7,9-10,16-17H2,1H3,(H,37,39)(H,38,40). The van der Waals surface area contributed by atoms with Gasteiger partial charge in [-0.1, -0.05) is 0 Å². The number of hydrogen-bond donors (Lipinski definition) is 3. The van der Waals surface area contributed by atoms with E-state index in [1.54, 1.807) is 18.2 Å². The van der Waals surface area contributed by atoms with E-state index in [9.17, 15) is 18.4 Å². The molecule has 0 spiro atoms. The molecule has 3 N–H and O–H groups in total. The highest BCUT2D eigenvalue weighted by Gasteiger charge is 2.19. The van der Waals surface area contributed by atoms with Crippen molar-refractivity contribution in [3.05, 3.63) is 83.8 Å². The Hall–Kier alpha value is -4.84. The zero-order valence-corrected chi connectivity index (χ0v) is 23.2. The number of nitrogens with one attached hydrogen (secondary N) is 3. The molecule has 0 saturated carbocycles. The number of rotatable bonds is 9. The number of amides is 2. The summed E-state index contributed by atoms with van der Waals surface area (Å²) in [5, 5.41) is 8.44. The summed E-state index contributed by atoms with van der Waals surface area (Å²) >= 11 is 0. The van der Waals surface area contributed by atoms with Gasteiger partial charge in [-0.3, -0.25) is 14.6 Å². The maximum Gasteiger partial charge on any atom is 0.313 e. The zero-order chi connectivity index (χ0) is 30.3. The minimum Gasteiger partial charge on any atom is -0.491 e. The summed E-state index contributed by atoms with van der Waals surface area (Å²) in [5.41, 5.74) is 0.617. The van der Waals surface area contributed by atoms with E-state index in [0.29, 0.717) is 46.7 Å². The van der Waals surface area contributed by atoms with Crippen LogP contribution < -0.4 is 30.2 Å². The van der Waals surface area contributed by atoms with Gasteiger partial charge in [-0.2, -0.15) is 0 Å². The molecule has 1 saturated heterocycles. The third kappa shape index (κ3) is 7.33. The summed E-state index contributed by atoms with van der Waals surface area (Å²) in [7, 11) is 1.52. The summed E-state index contributed by atoms with van der Waals surface area (Å²) in [6.45, 7) is 2.21. The van der Waals surface area contributed by atoms with E-state index < -0.39 is 29.3 Å². The highest BCUT2D eigenvalue weighted by molar-refractivity contribution is 6.39. The third-order valence-electron chi connectivity index (χ3n) is 6.92. The Kier molecular flexibility index (Phi) is 9.26. The third-order valence-corrected chi connectivity index (χ3v) is 6.92. The summed E-state index contributed by atoms with van der Waals surface area (Å²) in [6, 6.07) is 11.5. The molecule has 5 rings (SSSR count). The molecule has 43 heavy (non-hydrogen) atoms. The Labute approximate surface area is 245 Å². The van der Waals surface area contributed by atoms with Gasteiger partial charge < -0.3 is 30.2 Å². The van der Waals surface area contributed by atoms with E-state index >= 15 is 4.39 Å². The van der Waals surface area contributed by atoms with Crippen molar-refractivity contribution in [2.75, 3.05) is 32.1 Å². The van der Waals surface area contributed by atoms with Crippen molar-refractivity contribution in [1.82, 2.24) is 15.6 Å². The van der Waals surface area contributed by atoms with Crippen LogP contribution in [0.4, 0.5) is 18.9 Å². The average Bonchev–Trinajstić information content (AvgIpc) is 3.00. The van der Waals surface area contributed by atoms with Gasteiger partial charge >= 0.3 is 11.8 Å². The number of carbonyl (C=O) groups is 2. The van der Waals surface area contributed by atoms with Crippen LogP contribution in [0.15, 0.2) is 60.8 Å². The molecule has 9 nitrogen and oxygen atoms in total. The number of anilines is 1. The Balaban J connectivity index is 1.24. The lowest BCUT2D eigenvalue weighted by molar-refractivity contribution is -0.136. The van der Waals surface area contributed by atoms with Crippen LogP contribution in [0, 0.1) is 23.4 Å². The van der Waals surface area contributed by atoms with Crippen LogP contribution in [-0.2, 0) is 16.1 Å². The molecule has 3 aromatic carbocycles. The SMILES string of the molecule is COc1c(OCC2CCNCC2)ccc2c(Oc3ccc(NC(=O)C(=O)NCc4cc(F)cc(F)c4)cc3F)ccnc12. The summed E-state index contributed by atoms with van der Waals surface area (Å²) in [5.74, 6) is -2.96. The molecular formula is C31H29F3N4O5. The number of hydrogen-bond acceptors (Lipinski definition) is 7. The van der Waals surface area contributed by atoms with Gasteiger partial charge in [0.1, 0.15) is 22.9 Å². The van der Waals surface area contributed by atoms with Crippen molar-refractivity contribution in [2.24, 2.45) is 5.92 Å². The molecule has 1 fully saturated rings. The van der Waals surface area contributed by atoms with E-state index in [1.807, 2.05) is 0 Å². The summed E-state index contributed by atoms with van der Waals surface area (Å²) < 4.78 is 59.2. The van der Waals surface area contributed by atoms with Gasteiger partial charge in [-0.25, -0.2) is 13.2 Å². The van der Waals surface area contributed by atoms with E-state index in [4.69, 9.17) is 14.2 Å². The fraction of sp³-hybridized carbons (Fsp3) is 0.258. The Morgan fingerprint density at radius 1 is 0.930 bits per heavy atom. The number of benzene rings is 3. The number of nitrogens with zero attached hydrogens (tertiary/aromatic N) is 1. The van der Waals surface area contributed by atoms with Crippen molar-refractivity contribution in [3.63, 3.8) is 0 Å². The first-order valence-corrected chi connectivity index (χ1v) is 13.6. The monoisotopic (exact) mass is 594 g/mol. The molecule has 0 unspecified atom stereocenters. The number of pyridine rings is 1. The number of aromatic nitrogens is 1. The van der Waals surface area contributed by atoms with Gasteiger partial charge in [0.05, 0.1) is 13.7 Å². The van der Waals surface area contributed by atoms with Crippen LogP contribution in [-0.4, -0.2) is 43.6 Å². The molecule has 0 aliphatic carbocycles. The smallest absolute Gasteiger partial charge is 0.313 e. The van der Waals surface area contributed by atoms with Crippen molar-refractivity contribution >= 4 is 28.4 Å². The quantitative estimate of drug-likeness (QED) is 0.232. The molecule has 0 atom stereocenters. The van der Waals surface area contributed by atoms with Crippen LogP contribution in [0.5, 0.6) is 23.0 Å². The van der Waals surface area contributed by atoms with E-state index in [0.717, 1.165) is 44.1 Å². The minimum absolute atomic E-state index is 0.00130. The van der Waals surface area contributed by atoms with Crippen molar-refractivity contribution in [2.45, 2.75) is 19.4 Å². The van der Waals surface area contributed by atoms with Gasteiger partial charge in [0, 0.05) is 35.9 Å². The Morgan fingerprint density at radius 3 is 2.40 bits per heavy atom. The fourth-order valence-electron chi connectivity index (χ4n) is 4.75. The summed E-state index contributed by atoms with van der Waals surface area (Å²) in [6.07, 6.45) is 3.58. The zero-order valence-electron chi connectivity index (χ0n) is 23.2. The molecular weight excluding hydrogens is 565 g/mol. The van der Waals surface area contributed by atoms with Crippen molar-refractivity contribution < 1.29 is 37.0 Å². The van der Waals surface area contributed by atoms with E-state index in [1.165, 1.54) is 25.4 Å². The first kappa shape index (κ1) is 29.6. The highest BCUT2D eigenvalue weighted by Crippen LogP contribution is 2.40. The van der Waals surface area contributed by atoms with Crippen LogP contribution in [0.2, 0.25) is 0 Å². The van der Waals surface area contributed by atoms with Gasteiger partial charge in [0.15, 0.2) is 23.1 Å². The van der Waals surface area contributed by atoms with Gasteiger partial charge in [-0.05, 0) is 79.9 Å². The highest BCUT2D eigenvalue weighted by atomic mass is 19.1. The van der Waals surface area contributed by atoms with Crippen LogP contribution in [0.25, 0.3) is 10.9 Å². The predicted molar refractivity (Wildman–Crippen MR) is 153 cm³/mol. The molecule has 12 heteroatoms. The topological polar surface area (TPSA) is 111 Å². The lowest BCUT2D eigenvalue weighted by Gasteiger charge is -2.23. The number of ether oxygens (including phenoxy) is 3. The number of methoxy groups -OCH3 is 1. The van der Waals surface area contributed by atoms with Crippen LogP contribution >= 0.6 is 0 Å². The first-order chi connectivity index (χ1) is 20.8. The predicted octanol–water partition coefficient (Wildman–Crippen LogP) is 5.09. The number of halogens is 3. The van der Waals surface area contributed by atoms with Gasteiger partial charge in [-0.15, -0.1) is 0 Å². The van der Waals surface area contributed by atoms with Gasteiger partial charge in [0.25, 0.3) is 0 Å². The number of fused-ring (bicyclic) bond motifs is 1. The molecule has 2 heterocycles. The molecule has 1 aliphatic heterocycles. The molecule has 0 bridgehead atoms. The van der Waals surface area contributed by atoms with E-state index in [2.05, 4.69) is 20.9 Å². The van der Waals surface area contributed by atoms with Crippen LogP contribution in [0.1, 0.15) is 18.4 Å². The lowest BCUT2D eigenvalue weighted by Crippen LogP contribution is -2.35. The first-order valence-electron chi connectivity index (χ1n) is 13.6. The largest absolute Gasteiger partial charge is 0.491 e. The molecule has 0 radical (unpaired) electrons. The average molecular weight is 595 g/mol. The van der Waals surface area contributed by atoms with Gasteiger partial charge in [0.2, 0.25) is 0 Å². The Bertz CT molecular complexity index is 1630. The van der Waals surface area contributed by atoms with Crippen molar-refractivity contribution in [3.8, 4) is 23.0 Å². The fourth-order valence-corrected chi connectivity index (χ4v) is 4.75. The second kappa shape index (κ2) is 13.4.